The molecule has 168 valence electrons. The Morgan fingerprint density at radius 3 is 2.31 bits per heavy atom. The van der Waals surface area contributed by atoms with Crippen LogP contribution in [-0.4, -0.2) is 27.4 Å². The molecule has 0 unspecified atom stereocenters. The number of carboxylic acids is 1. The lowest BCUT2D eigenvalue weighted by molar-refractivity contribution is -0.160. The Morgan fingerprint density at radius 2 is 1.69 bits per heavy atom. The molecular formula is C26H28FNO4. The second-order valence-corrected chi connectivity index (χ2v) is 10.2. The number of rotatable bonds is 2. The molecule has 0 saturated heterocycles. The Kier molecular flexibility index (Phi) is 4.48. The van der Waals surface area contributed by atoms with Crippen LogP contribution in [0.4, 0.5) is 4.39 Å². The Morgan fingerprint density at radius 1 is 1.03 bits per heavy atom. The molecule has 1 aliphatic carbocycles. The van der Waals surface area contributed by atoms with Crippen molar-refractivity contribution >= 4 is 16.9 Å². The SMILES string of the molecule is CC1(C(=O)O)CCC2(CC1)OCC(C)(C)c1c2c2c(O)cccc2n1-c1ccc(F)cc1. The van der Waals surface area contributed by atoms with Crippen LogP contribution in [0.1, 0.15) is 57.7 Å². The molecule has 3 aromatic rings. The van der Waals surface area contributed by atoms with Crippen LogP contribution in [0.3, 0.4) is 0 Å². The summed E-state index contributed by atoms with van der Waals surface area (Å²) in [6.07, 6.45) is 2.13. The maximum atomic E-state index is 13.7. The van der Waals surface area contributed by atoms with Gasteiger partial charge in [0.05, 0.1) is 23.1 Å². The van der Waals surface area contributed by atoms with E-state index in [-0.39, 0.29) is 17.0 Å². The molecule has 2 N–H and O–H groups in total. The van der Waals surface area contributed by atoms with E-state index in [4.69, 9.17) is 4.74 Å². The number of hydrogen-bond acceptors (Lipinski definition) is 3. The number of aliphatic carboxylic acids is 1. The van der Waals surface area contributed by atoms with Crippen LogP contribution < -0.4 is 0 Å². The largest absolute Gasteiger partial charge is 0.507 e. The number of halogens is 1. The quantitative estimate of drug-likeness (QED) is 0.544. The van der Waals surface area contributed by atoms with E-state index >= 15 is 0 Å². The highest BCUT2D eigenvalue weighted by Crippen LogP contribution is 2.57. The summed E-state index contributed by atoms with van der Waals surface area (Å²) in [5, 5.41) is 21.5. The van der Waals surface area contributed by atoms with Crippen LogP contribution in [0.5, 0.6) is 5.75 Å². The van der Waals surface area contributed by atoms with Crippen LogP contribution in [0.25, 0.3) is 16.6 Å². The molecule has 2 aromatic carbocycles. The molecule has 0 radical (unpaired) electrons. The lowest BCUT2D eigenvalue weighted by Gasteiger charge is -2.49. The summed E-state index contributed by atoms with van der Waals surface area (Å²) in [5.74, 6) is -0.909. The van der Waals surface area contributed by atoms with Gasteiger partial charge in [0.15, 0.2) is 0 Å². The Bertz CT molecular complexity index is 1220. The summed E-state index contributed by atoms with van der Waals surface area (Å²) in [7, 11) is 0. The van der Waals surface area contributed by atoms with Gasteiger partial charge >= 0.3 is 5.97 Å². The normalized spacial score (nSPS) is 26.9. The Balaban J connectivity index is 1.81. The van der Waals surface area contributed by atoms with E-state index in [1.54, 1.807) is 25.1 Å². The zero-order valence-electron chi connectivity index (χ0n) is 18.6. The van der Waals surface area contributed by atoms with Crippen molar-refractivity contribution < 1.29 is 24.1 Å². The number of aromatic nitrogens is 1. The van der Waals surface area contributed by atoms with Gasteiger partial charge in [-0.1, -0.05) is 19.9 Å². The number of ether oxygens (including phenoxy) is 1. The third-order valence-corrected chi connectivity index (χ3v) is 7.54. The molecule has 5 rings (SSSR count). The lowest BCUT2D eigenvalue weighted by atomic mass is 9.65. The monoisotopic (exact) mass is 437 g/mol. The minimum atomic E-state index is -0.779. The predicted molar refractivity (Wildman–Crippen MR) is 120 cm³/mol. The van der Waals surface area contributed by atoms with E-state index in [0.717, 1.165) is 27.8 Å². The van der Waals surface area contributed by atoms with Crippen LogP contribution in [0.15, 0.2) is 42.5 Å². The van der Waals surface area contributed by atoms with Crippen LogP contribution in [0.2, 0.25) is 0 Å². The third kappa shape index (κ3) is 2.89. The molecule has 5 nitrogen and oxygen atoms in total. The minimum absolute atomic E-state index is 0.173. The van der Waals surface area contributed by atoms with E-state index in [2.05, 4.69) is 18.4 Å². The fourth-order valence-corrected chi connectivity index (χ4v) is 5.54. The number of carbonyl (C=O) groups is 1. The average molecular weight is 438 g/mol. The highest BCUT2D eigenvalue weighted by Gasteiger charge is 2.53. The molecule has 2 heterocycles. The van der Waals surface area contributed by atoms with Gasteiger partial charge in [-0.3, -0.25) is 4.79 Å². The number of nitrogens with zero attached hydrogens (tertiary/aromatic N) is 1. The van der Waals surface area contributed by atoms with Crippen LogP contribution >= 0.6 is 0 Å². The van der Waals surface area contributed by atoms with E-state index in [0.29, 0.717) is 32.3 Å². The van der Waals surface area contributed by atoms with Crippen molar-refractivity contribution in [1.82, 2.24) is 4.57 Å². The van der Waals surface area contributed by atoms with Gasteiger partial charge in [0.1, 0.15) is 11.6 Å². The molecular weight excluding hydrogens is 409 g/mol. The highest BCUT2D eigenvalue weighted by molar-refractivity contribution is 5.94. The Labute approximate surface area is 186 Å². The number of aromatic hydroxyl groups is 1. The summed E-state index contributed by atoms with van der Waals surface area (Å²) >= 11 is 0. The summed E-state index contributed by atoms with van der Waals surface area (Å²) in [4.78, 5) is 11.9. The minimum Gasteiger partial charge on any atom is -0.507 e. The van der Waals surface area contributed by atoms with Gasteiger partial charge in [0.25, 0.3) is 0 Å². The maximum absolute atomic E-state index is 13.7. The predicted octanol–water partition coefficient (Wildman–Crippen LogP) is 5.64. The fraction of sp³-hybridized carbons (Fsp3) is 0.423. The van der Waals surface area contributed by atoms with Gasteiger partial charge in [-0.05, 0) is 69.0 Å². The number of phenols is 1. The van der Waals surface area contributed by atoms with Crippen molar-refractivity contribution in [3.63, 3.8) is 0 Å². The van der Waals surface area contributed by atoms with E-state index < -0.39 is 17.0 Å². The third-order valence-electron chi connectivity index (χ3n) is 7.54. The molecule has 1 fully saturated rings. The molecule has 0 amide bonds. The number of phenolic OH excluding ortho intramolecular Hbond substituents is 1. The summed E-state index contributed by atoms with van der Waals surface area (Å²) in [6, 6.07) is 11.8. The van der Waals surface area contributed by atoms with Gasteiger partial charge < -0.3 is 19.5 Å². The second kappa shape index (κ2) is 6.82. The summed E-state index contributed by atoms with van der Waals surface area (Å²) in [5.41, 5.74) is 1.82. The molecule has 6 heteroatoms. The van der Waals surface area contributed by atoms with Crippen molar-refractivity contribution in [3.8, 4) is 11.4 Å². The van der Waals surface area contributed by atoms with Crippen molar-refractivity contribution in [3.05, 3.63) is 59.5 Å². The molecule has 2 aliphatic rings. The van der Waals surface area contributed by atoms with Gasteiger partial charge in [-0.25, -0.2) is 4.39 Å². The summed E-state index contributed by atoms with van der Waals surface area (Å²) < 4.78 is 22.4. The first-order chi connectivity index (χ1) is 15.1. The van der Waals surface area contributed by atoms with Crippen molar-refractivity contribution in [2.75, 3.05) is 6.61 Å². The van der Waals surface area contributed by atoms with Crippen LogP contribution in [-0.2, 0) is 20.5 Å². The summed E-state index contributed by atoms with van der Waals surface area (Å²) in [6.45, 7) is 6.49. The number of benzene rings is 2. The zero-order valence-corrected chi connectivity index (χ0v) is 18.6. The number of hydrogen-bond donors (Lipinski definition) is 2. The van der Waals surface area contributed by atoms with E-state index in [9.17, 15) is 19.4 Å². The molecule has 1 saturated carbocycles. The highest BCUT2D eigenvalue weighted by atomic mass is 19.1. The van der Waals surface area contributed by atoms with Gasteiger partial charge in [0, 0.05) is 27.7 Å². The first kappa shape index (κ1) is 21.0. The number of fused-ring (bicyclic) bond motifs is 4. The van der Waals surface area contributed by atoms with Crippen molar-refractivity contribution in [2.45, 2.75) is 57.5 Å². The van der Waals surface area contributed by atoms with Crippen molar-refractivity contribution in [2.24, 2.45) is 5.41 Å². The maximum Gasteiger partial charge on any atom is 0.309 e. The van der Waals surface area contributed by atoms with Gasteiger partial charge in [-0.2, -0.15) is 0 Å². The van der Waals surface area contributed by atoms with E-state index in [1.807, 2.05) is 12.1 Å². The molecule has 0 atom stereocenters. The lowest BCUT2D eigenvalue weighted by Crippen LogP contribution is -2.48. The number of carboxylic acid groups (broad SMARTS) is 1. The van der Waals surface area contributed by atoms with Crippen LogP contribution in [0, 0.1) is 11.2 Å². The molecule has 1 spiro atoms. The standard InChI is InChI=1S/C26H28FNO4/c1-24(2)15-32-26(13-11-25(3,12-14-26)23(30)31)21-20-18(5-4-6-19(20)29)28(22(21)24)17-9-7-16(27)8-10-17/h4-10,29H,11-15H2,1-3H3,(H,30,31). The molecule has 0 bridgehead atoms. The Hall–Kier alpha value is -2.86. The van der Waals surface area contributed by atoms with Gasteiger partial charge in [0.2, 0.25) is 0 Å². The van der Waals surface area contributed by atoms with E-state index in [1.165, 1.54) is 12.1 Å². The molecule has 32 heavy (non-hydrogen) atoms. The fourth-order valence-electron chi connectivity index (χ4n) is 5.54. The first-order valence-corrected chi connectivity index (χ1v) is 11.1. The first-order valence-electron chi connectivity index (χ1n) is 11.1. The average Bonchev–Trinajstić information content (AvgIpc) is 3.12. The molecule has 1 aromatic heterocycles. The topological polar surface area (TPSA) is 71.7 Å². The smallest absolute Gasteiger partial charge is 0.309 e. The second-order valence-electron chi connectivity index (χ2n) is 10.2. The molecule has 1 aliphatic heterocycles. The van der Waals surface area contributed by atoms with Crippen molar-refractivity contribution in [1.29, 1.82) is 0 Å². The zero-order chi connectivity index (χ0) is 22.9. The van der Waals surface area contributed by atoms with Gasteiger partial charge in [-0.15, -0.1) is 0 Å².